The van der Waals surface area contributed by atoms with Crippen molar-refractivity contribution in [1.29, 1.82) is 0 Å². The molecule has 0 saturated carbocycles. The molecule has 1 fully saturated rings. The third kappa shape index (κ3) is 4.09. The highest BCUT2D eigenvalue weighted by atomic mass is 16.2. The minimum Gasteiger partial charge on any atom is -0.330 e. The molecule has 0 bridgehead atoms. The summed E-state index contributed by atoms with van der Waals surface area (Å²) in [5.74, 6) is 0.0774. The summed E-state index contributed by atoms with van der Waals surface area (Å²) >= 11 is 0. The first-order valence-electron chi connectivity index (χ1n) is 7.40. The Balaban J connectivity index is 2.68. The maximum Gasteiger partial charge on any atom is 0.323 e. The molecule has 1 aliphatic rings. The van der Waals surface area contributed by atoms with Gasteiger partial charge in [-0.15, -0.1) is 0 Å². The summed E-state index contributed by atoms with van der Waals surface area (Å²) in [6.45, 7) is 7.13. The van der Waals surface area contributed by atoms with Crippen molar-refractivity contribution in [1.82, 2.24) is 5.32 Å². The van der Waals surface area contributed by atoms with E-state index in [0.717, 1.165) is 32.4 Å². The van der Waals surface area contributed by atoms with E-state index in [9.17, 15) is 9.59 Å². The van der Waals surface area contributed by atoms with Crippen LogP contribution in [0.5, 0.6) is 0 Å². The second kappa shape index (κ2) is 7.72. The summed E-state index contributed by atoms with van der Waals surface area (Å²) in [5, 5.41) is 3.23. The smallest absolute Gasteiger partial charge is 0.323 e. The van der Waals surface area contributed by atoms with Crippen molar-refractivity contribution in [3.8, 4) is 0 Å². The van der Waals surface area contributed by atoms with Gasteiger partial charge in [0.1, 0.15) is 13.1 Å². The third-order valence-electron chi connectivity index (χ3n) is 3.83. The Kier molecular flexibility index (Phi) is 6.62. The van der Waals surface area contributed by atoms with Crippen LogP contribution in [0.4, 0.5) is 0 Å². The largest absolute Gasteiger partial charge is 0.330 e. The Morgan fingerprint density at radius 3 is 2.32 bits per heavy atom. The molecule has 0 aromatic rings. The van der Waals surface area contributed by atoms with Gasteiger partial charge in [-0.25, -0.2) is 9.59 Å². The number of amides is 2. The van der Waals surface area contributed by atoms with Crippen LogP contribution in [-0.2, 0) is 9.59 Å². The standard InChI is InChI=1S/C14H28N3O2/c1-12(2)14(19)17(10-8-16-9-11-17)13(18)6-4-3-5-7-15/h12,16H,3-11,15H2,1-2H3/q+1. The van der Waals surface area contributed by atoms with Gasteiger partial charge < -0.3 is 11.1 Å². The molecule has 5 heteroatoms. The first kappa shape index (κ1) is 16.3. The van der Waals surface area contributed by atoms with Gasteiger partial charge in [-0.2, -0.15) is 4.48 Å². The second-order valence-electron chi connectivity index (χ2n) is 5.65. The van der Waals surface area contributed by atoms with Crippen LogP contribution in [0.25, 0.3) is 0 Å². The van der Waals surface area contributed by atoms with Gasteiger partial charge in [0.25, 0.3) is 0 Å². The maximum atomic E-state index is 12.5. The van der Waals surface area contributed by atoms with Gasteiger partial charge in [0.2, 0.25) is 0 Å². The third-order valence-corrected chi connectivity index (χ3v) is 3.83. The van der Waals surface area contributed by atoms with Crippen molar-refractivity contribution in [3.05, 3.63) is 0 Å². The number of rotatable bonds is 6. The molecule has 1 rings (SSSR count). The monoisotopic (exact) mass is 270 g/mol. The second-order valence-corrected chi connectivity index (χ2v) is 5.65. The van der Waals surface area contributed by atoms with Crippen molar-refractivity contribution in [3.63, 3.8) is 0 Å². The minimum absolute atomic E-state index is 0.0489. The van der Waals surface area contributed by atoms with E-state index in [2.05, 4.69) is 5.32 Å². The Labute approximate surface area is 116 Å². The molecule has 0 aromatic carbocycles. The molecule has 0 radical (unpaired) electrons. The summed E-state index contributed by atoms with van der Waals surface area (Å²) in [7, 11) is 0. The average Bonchev–Trinajstić information content (AvgIpc) is 2.43. The predicted octanol–water partition coefficient (Wildman–Crippen LogP) is 0.635. The van der Waals surface area contributed by atoms with E-state index >= 15 is 0 Å². The fourth-order valence-electron chi connectivity index (χ4n) is 2.67. The maximum absolute atomic E-state index is 12.5. The van der Waals surface area contributed by atoms with Crippen molar-refractivity contribution >= 4 is 11.8 Å². The van der Waals surface area contributed by atoms with Crippen molar-refractivity contribution in [2.45, 2.75) is 39.5 Å². The van der Waals surface area contributed by atoms with Gasteiger partial charge >= 0.3 is 11.8 Å². The molecule has 1 saturated heterocycles. The highest BCUT2D eigenvalue weighted by molar-refractivity contribution is 5.85. The van der Waals surface area contributed by atoms with Crippen LogP contribution < -0.4 is 11.1 Å². The number of piperazine rings is 1. The Bertz CT molecular complexity index is 310. The lowest BCUT2D eigenvalue weighted by Gasteiger charge is -2.37. The fourth-order valence-corrected chi connectivity index (χ4v) is 2.67. The Morgan fingerprint density at radius 1 is 1.16 bits per heavy atom. The normalized spacial score (nSPS) is 18.5. The quantitative estimate of drug-likeness (QED) is 0.549. The summed E-state index contributed by atoms with van der Waals surface area (Å²) in [6.07, 6.45) is 3.26. The lowest BCUT2D eigenvalue weighted by molar-refractivity contribution is -0.783. The molecular formula is C14H28N3O2+. The zero-order chi connectivity index (χ0) is 14.3. The molecular weight excluding hydrogens is 242 g/mol. The summed E-state index contributed by atoms with van der Waals surface area (Å²) in [5.41, 5.74) is 5.45. The number of hydrogen-bond donors (Lipinski definition) is 2. The molecule has 0 unspecified atom stereocenters. The summed E-state index contributed by atoms with van der Waals surface area (Å²) < 4.78 is 0.0489. The number of nitrogens with zero attached hydrogens (tertiary/aromatic N) is 1. The fraction of sp³-hybridized carbons (Fsp3) is 0.857. The first-order valence-corrected chi connectivity index (χ1v) is 7.40. The van der Waals surface area contributed by atoms with Gasteiger partial charge in [0.05, 0.1) is 12.3 Å². The van der Waals surface area contributed by atoms with Gasteiger partial charge in [-0.3, -0.25) is 0 Å². The molecule has 0 spiro atoms. The lowest BCUT2D eigenvalue weighted by atomic mass is 10.1. The SMILES string of the molecule is CC(C)C(=O)[N+]1(C(=O)CCCCCN)CCNCC1. The van der Waals surface area contributed by atoms with Crippen LogP contribution >= 0.6 is 0 Å². The molecule has 110 valence electrons. The summed E-state index contributed by atoms with van der Waals surface area (Å²) in [4.78, 5) is 25.0. The van der Waals surface area contributed by atoms with Crippen LogP contribution in [0.1, 0.15) is 39.5 Å². The van der Waals surface area contributed by atoms with E-state index in [1.54, 1.807) is 0 Å². The van der Waals surface area contributed by atoms with Gasteiger partial charge in [0, 0.05) is 13.1 Å². The Morgan fingerprint density at radius 2 is 1.79 bits per heavy atom. The predicted molar refractivity (Wildman–Crippen MR) is 75.2 cm³/mol. The van der Waals surface area contributed by atoms with Gasteiger partial charge in [-0.05, 0) is 33.2 Å². The van der Waals surface area contributed by atoms with Gasteiger partial charge in [0.15, 0.2) is 0 Å². The molecule has 1 heterocycles. The van der Waals surface area contributed by atoms with Crippen LogP contribution in [0.15, 0.2) is 0 Å². The zero-order valence-corrected chi connectivity index (χ0v) is 12.3. The van der Waals surface area contributed by atoms with Crippen LogP contribution in [0, 0.1) is 5.92 Å². The van der Waals surface area contributed by atoms with E-state index in [1.165, 1.54) is 0 Å². The van der Waals surface area contributed by atoms with Crippen molar-refractivity contribution in [2.24, 2.45) is 11.7 Å². The number of carbonyl (C=O) groups excluding carboxylic acids is 2. The highest BCUT2D eigenvalue weighted by Crippen LogP contribution is 2.19. The highest BCUT2D eigenvalue weighted by Gasteiger charge is 2.45. The number of hydrogen-bond acceptors (Lipinski definition) is 4. The molecule has 0 aliphatic carbocycles. The van der Waals surface area contributed by atoms with E-state index in [0.29, 0.717) is 26.1 Å². The topological polar surface area (TPSA) is 72.2 Å². The lowest BCUT2D eigenvalue weighted by Crippen LogP contribution is -2.65. The minimum atomic E-state index is -0.0916. The van der Waals surface area contributed by atoms with Crippen molar-refractivity contribution in [2.75, 3.05) is 32.7 Å². The van der Waals surface area contributed by atoms with Crippen LogP contribution in [0.2, 0.25) is 0 Å². The average molecular weight is 270 g/mol. The Hall–Kier alpha value is -0.780. The van der Waals surface area contributed by atoms with E-state index < -0.39 is 0 Å². The van der Waals surface area contributed by atoms with Crippen molar-refractivity contribution < 1.29 is 14.1 Å². The van der Waals surface area contributed by atoms with Crippen LogP contribution in [0.3, 0.4) is 0 Å². The molecule has 19 heavy (non-hydrogen) atoms. The molecule has 5 nitrogen and oxygen atoms in total. The van der Waals surface area contributed by atoms with Crippen LogP contribution in [-0.4, -0.2) is 49.0 Å². The number of nitrogens with two attached hydrogens (primary N) is 1. The first-order chi connectivity index (χ1) is 9.04. The number of carbonyl (C=O) groups is 2. The number of unbranched alkanes of at least 4 members (excludes halogenated alkanes) is 2. The van der Waals surface area contributed by atoms with Gasteiger partial charge in [-0.1, -0.05) is 6.42 Å². The molecule has 0 aromatic heterocycles. The molecule has 3 N–H and O–H groups in total. The molecule has 2 amide bonds. The molecule has 1 aliphatic heterocycles. The number of nitrogens with one attached hydrogen (secondary N) is 1. The summed E-state index contributed by atoms with van der Waals surface area (Å²) in [6, 6.07) is 0. The van der Waals surface area contributed by atoms with E-state index in [-0.39, 0.29) is 22.2 Å². The number of quaternary nitrogens is 1. The van der Waals surface area contributed by atoms with E-state index in [4.69, 9.17) is 5.73 Å². The molecule has 0 atom stereocenters. The van der Waals surface area contributed by atoms with E-state index in [1.807, 2.05) is 13.8 Å². The zero-order valence-electron chi connectivity index (χ0n) is 12.3. The number of imide groups is 1.